The topological polar surface area (TPSA) is 77.2 Å². The molecule has 0 radical (unpaired) electrons. The second-order valence-electron chi connectivity index (χ2n) is 5.14. The molecule has 0 aliphatic carbocycles. The first-order valence-corrected chi connectivity index (χ1v) is 5.99. The minimum absolute atomic E-state index is 0.149. The lowest BCUT2D eigenvalue weighted by Gasteiger charge is -2.23. The molecule has 1 unspecified atom stereocenters. The molecule has 18 heavy (non-hydrogen) atoms. The van der Waals surface area contributed by atoms with Crippen molar-refractivity contribution in [2.24, 2.45) is 5.73 Å². The van der Waals surface area contributed by atoms with Gasteiger partial charge in [0.05, 0.1) is 0 Å². The first-order chi connectivity index (χ1) is 8.40. The summed E-state index contributed by atoms with van der Waals surface area (Å²) < 4.78 is 5.19. The van der Waals surface area contributed by atoms with Gasteiger partial charge in [0, 0.05) is 25.0 Å². The van der Waals surface area contributed by atoms with Crippen molar-refractivity contribution in [1.82, 2.24) is 10.3 Å². The van der Waals surface area contributed by atoms with Crippen LogP contribution in [0.15, 0.2) is 24.5 Å². The number of carbonyl (C=O) groups is 1. The van der Waals surface area contributed by atoms with Gasteiger partial charge in [0.1, 0.15) is 5.60 Å². The van der Waals surface area contributed by atoms with Crippen LogP contribution >= 0.6 is 0 Å². The first-order valence-electron chi connectivity index (χ1n) is 5.99. The Bertz CT molecular complexity index is 374. The van der Waals surface area contributed by atoms with Crippen molar-refractivity contribution in [3.8, 4) is 0 Å². The number of carbonyl (C=O) groups excluding carboxylic acids is 1. The number of nitrogens with one attached hydrogen (secondary N) is 1. The SMILES string of the molecule is CC(C)(C)OC(=O)NC(CN)Cc1cccnc1. The third-order valence-electron chi connectivity index (χ3n) is 2.21. The first kappa shape index (κ1) is 14.4. The molecular formula is C13H21N3O2. The van der Waals surface area contributed by atoms with E-state index < -0.39 is 11.7 Å². The Morgan fingerprint density at radius 2 is 2.28 bits per heavy atom. The largest absolute Gasteiger partial charge is 0.444 e. The average molecular weight is 251 g/mol. The van der Waals surface area contributed by atoms with Crippen molar-refractivity contribution in [2.45, 2.75) is 38.8 Å². The van der Waals surface area contributed by atoms with Gasteiger partial charge in [0.15, 0.2) is 0 Å². The average Bonchev–Trinajstić information content (AvgIpc) is 2.27. The molecule has 3 N–H and O–H groups in total. The molecule has 1 aromatic rings. The van der Waals surface area contributed by atoms with Crippen LogP contribution < -0.4 is 11.1 Å². The van der Waals surface area contributed by atoms with Crippen molar-refractivity contribution in [3.05, 3.63) is 30.1 Å². The van der Waals surface area contributed by atoms with E-state index in [9.17, 15) is 4.79 Å². The number of pyridine rings is 1. The fourth-order valence-electron chi connectivity index (χ4n) is 1.47. The molecule has 1 atom stereocenters. The number of rotatable bonds is 4. The zero-order valence-corrected chi connectivity index (χ0v) is 11.1. The highest BCUT2D eigenvalue weighted by molar-refractivity contribution is 5.68. The molecule has 1 amide bonds. The smallest absolute Gasteiger partial charge is 0.407 e. The normalized spacial score (nSPS) is 12.9. The Kier molecular flexibility index (Phi) is 5.09. The zero-order chi connectivity index (χ0) is 13.6. The Morgan fingerprint density at radius 1 is 1.56 bits per heavy atom. The summed E-state index contributed by atoms with van der Waals surface area (Å²) in [4.78, 5) is 15.6. The molecule has 0 spiro atoms. The maximum absolute atomic E-state index is 11.6. The number of hydrogen-bond donors (Lipinski definition) is 2. The molecule has 1 aromatic heterocycles. The molecule has 0 aromatic carbocycles. The minimum Gasteiger partial charge on any atom is -0.444 e. The monoisotopic (exact) mass is 251 g/mol. The number of alkyl carbamates (subject to hydrolysis) is 1. The van der Waals surface area contributed by atoms with Crippen LogP contribution in [0.4, 0.5) is 4.79 Å². The number of hydrogen-bond acceptors (Lipinski definition) is 4. The Hall–Kier alpha value is -1.62. The maximum atomic E-state index is 11.6. The van der Waals surface area contributed by atoms with Crippen molar-refractivity contribution in [1.29, 1.82) is 0 Å². The van der Waals surface area contributed by atoms with Crippen LogP contribution in [-0.4, -0.2) is 29.3 Å². The third kappa shape index (κ3) is 5.63. The molecule has 0 aliphatic heterocycles. The van der Waals surface area contributed by atoms with Gasteiger partial charge in [-0.25, -0.2) is 4.79 Å². The third-order valence-corrected chi connectivity index (χ3v) is 2.21. The van der Waals surface area contributed by atoms with Gasteiger partial charge in [-0.3, -0.25) is 4.98 Å². The molecule has 0 aliphatic rings. The summed E-state index contributed by atoms with van der Waals surface area (Å²) in [6.07, 6.45) is 3.67. The lowest BCUT2D eigenvalue weighted by atomic mass is 10.1. The summed E-state index contributed by atoms with van der Waals surface area (Å²) in [5, 5.41) is 2.76. The molecule has 1 heterocycles. The summed E-state index contributed by atoms with van der Waals surface area (Å²) >= 11 is 0. The van der Waals surface area contributed by atoms with Crippen LogP contribution in [0, 0.1) is 0 Å². The highest BCUT2D eigenvalue weighted by Crippen LogP contribution is 2.07. The number of amides is 1. The van der Waals surface area contributed by atoms with Crippen molar-refractivity contribution in [2.75, 3.05) is 6.54 Å². The number of ether oxygens (including phenoxy) is 1. The van der Waals surface area contributed by atoms with E-state index in [4.69, 9.17) is 10.5 Å². The fourth-order valence-corrected chi connectivity index (χ4v) is 1.47. The van der Waals surface area contributed by atoms with E-state index in [0.717, 1.165) is 5.56 Å². The number of nitrogens with zero attached hydrogens (tertiary/aromatic N) is 1. The van der Waals surface area contributed by atoms with Crippen LogP contribution in [0.3, 0.4) is 0 Å². The summed E-state index contributed by atoms with van der Waals surface area (Å²) in [7, 11) is 0. The van der Waals surface area contributed by atoms with Gasteiger partial charge in [-0.2, -0.15) is 0 Å². The van der Waals surface area contributed by atoms with E-state index in [-0.39, 0.29) is 6.04 Å². The molecule has 100 valence electrons. The molecule has 5 nitrogen and oxygen atoms in total. The summed E-state index contributed by atoms with van der Waals surface area (Å²) in [6.45, 7) is 5.83. The highest BCUT2D eigenvalue weighted by Gasteiger charge is 2.18. The molecule has 0 saturated heterocycles. The van der Waals surface area contributed by atoms with Gasteiger partial charge >= 0.3 is 6.09 Å². The van der Waals surface area contributed by atoms with Crippen LogP contribution in [0.2, 0.25) is 0 Å². The van der Waals surface area contributed by atoms with Crippen LogP contribution in [0.1, 0.15) is 26.3 Å². The minimum atomic E-state index is -0.502. The van der Waals surface area contributed by atoms with Gasteiger partial charge in [0.2, 0.25) is 0 Å². The Balaban J connectivity index is 2.50. The maximum Gasteiger partial charge on any atom is 0.407 e. The molecule has 5 heteroatoms. The summed E-state index contributed by atoms with van der Waals surface area (Å²) in [5.41, 5.74) is 6.17. The molecule has 0 bridgehead atoms. The van der Waals surface area contributed by atoms with Gasteiger partial charge in [-0.1, -0.05) is 6.07 Å². The molecule has 0 fully saturated rings. The predicted molar refractivity (Wildman–Crippen MR) is 70.2 cm³/mol. The van der Waals surface area contributed by atoms with Gasteiger partial charge in [-0.05, 0) is 38.8 Å². The van der Waals surface area contributed by atoms with E-state index in [0.29, 0.717) is 13.0 Å². The van der Waals surface area contributed by atoms with Crippen LogP contribution in [0.25, 0.3) is 0 Å². The lowest BCUT2D eigenvalue weighted by molar-refractivity contribution is 0.0506. The van der Waals surface area contributed by atoms with Crippen molar-refractivity contribution in [3.63, 3.8) is 0 Å². The highest BCUT2D eigenvalue weighted by atomic mass is 16.6. The number of aromatic nitrogens is 1. The van der Waals surface area contributed by atoms with E-state index in [1.807, 2.05) is 32.9 Å². The van der Waals surface area contributed by atoms with Crippen molar-refractivity contribution >= 4 is 6.09 Å². The Labute approximate surface area is 108 Å². The predicted octanol–water partition coefficient (Wildman–Crippen LogP) is 1.48. The van der Waals surface area contributed by atoms with E-state index in [1.165, 1.54) is 0 Å². The van der Waals surface area contributed by atoms with Crippen LogP contribution in [-0.2, 0) is 11.2 Å². The zero-order valence-electron chi connectivity index (χ0n) is 11.1. The Morgan fingerprint density at radius 3 is 2.78 bits per heavy atom. The van der Waals surface area contributed by atoms with Crippen LogP contribution in [0.5, 0.6) is 0 Å². The molecule has 0 saturated carbocycles. The van der Waals surface area contributed by atoms with Gasteiger partial charge in [0.25, 0.3) is 0 Å². The second-order valence-corrected chi connectivity index (χ2v) is 5.14. The fraction of sp³-hybridized carbons (Fsp3) is 0.538. The van der Waals surface area contributed by atoms with E-state index in [1.54, 1.807) is 12.4 Å². The summed E-state index contributed by atoms with van der Waals surface area (Å²) in [6, 6.07) is 3.66. The second kappa shape index (κ2) is 6.35. The quantitative estimate of drug-likeness (QED) is 0.849. The van der Waals surface area contributed by atoms with Gasteiger partial charge < -0.3 is 15.8 Å². The molecular weight excluding hydrogens is 230 g/mol. The van der Waals surface area contributed by atoms with E-state index in [2.05, 4.69) is 10.3 Å². The summed E-state index contributed by atoms with van der Waals surface area (Å²) in [5.74, 6) is 0. The van der Waals surface area contributed by atoms with Crippen molar-refractivity contribution < 1.29 is 9.53 Å². The van der Waals surface area contributed by atoms with E-state index >= 15 is 0 Å². The van der Waals surface area contributed by atoms with Gasteiger partial charge in [-0.15, -0.1) is 0 Å². The standard InChI is InChI=1S/C13H21N3O2/c1-13(2,3)18-12(17)16-11(8-14)7-10-5-4-6-15-9-10/h4-6,9,11H,7-8,14H2,1-3H3,(H,16,17). The lowest BCUT2D eigenvalue weighted by Crippen LogP contribution is -2.44. The number of nitrogens with two attached hydrogens (primary N) is 1. The molecule has 1 rings (SSSR count).